The summed E-state index contributed by atoms with van der Waals surface area (Å²) in [6, 6.07) is 9.71. The van der Waals surface area contributed by atoms with Gasteiger partial charge >= 0.3 is 28.4 Å². The lowest BCUT2D eigenvalue weighted by molar-refractivity contribution is -0.207. The zero-order valence-electron chi connectivity index (χ0n) is 22.9. The minimum atomic E-state index is -1.29. The van der Waals surface area contributed by atoms with E-state index in [1.165, 1.54) is 6.20 Å². The van der Waals surface area contributed by atoms with Crippen molar-refractivity contribution in [1.82, 2.24) is 14.1 Å². The predicted octanol–water partition coefficient (Wildman–Crippen LogP) is 4.31. The lowest BCUT2D eigenvalue weighted by Crippen LogP contribution is -2.49. The van der Waals surface area contributed by atoms with Crippen LogP contribution in [-0.2, 0) is 21.9 Å². The van der Waals surface area contributed by atoms with E-state index in [0.29, 0.717) is 49.9 Å². The maximum Gasteiger partial charge on any atom is 0.413 e. The number of piperazine rings is 1. The monoisotopic (exact) mass is 702 g/mol. The van der Waals surface area contributed by atoms with E-state index in [1.807, 2.05) is 23.1 Å². The Bertz CT molecular complexity index is 1410. The largest absolute Gasteiger partial charge is 0.598 e. The molecule has 1 atom stereocenters. The number of rotatable bonds is 11. The first kappa shape index (κ1) is 31.3. The van der Waals surface area contributed by atoms with Gasteiger partial charge in [0.1, 0.15) is 20.3 Å². The Hall–Kier alpha value is -2.66. The molecule has 1 aromatic heterocycles. The minimum Gasteiger partial charge on any atom is -0.598 e. The first-order chi connectivity index (χ1) is 19.5. The van der Waals surface area contributed by atoms with Gasteiger partial charge in [0, 0.05) is 65.6 Å². The predicted molar refractivity (Wildman–Crippen MR) is 160 cm³/mol. The molecule has 1 saturated heterocycles. The van der Waals surface area contributed by atoms with Crippen LogP contribution in [0, 0.1) is 22.0 Å². The van der Waals surface area contributed by atoms with Crippen LogP contribution in [0.5, 0.6) is 5.75 Å². The van der Waals surface area contributed by atoms with E-state index in [2.05, 4.69) is 5.10 Å². The number of nitroso groups, excluding NO2 is 1. The number of hydrogen-bond acceptors (Lipinski definition) is 8. The van der Waals surface area contributed by atoms with Gasteiger partial charge in [0.15, 0.2) is 5.75 Å². The van der Waals surface area contributed by atoms with Crippen molar-refractivity contribution >= 4 is 45.6 Å². The van der Waals surface area contributed by atoms with Gasteiger partial charge in [-0.1, -0.05) is 13.8 Å². The van der Waals surface area contributed by atoms with E-state index in [1.54, 1.807) is 54.2 Å². The van der Waals surface area contributed by atoms with Gasteiger partial charge in [-0.2, -0.15) is 9.78 Å². The van der Waals surface area contributed by atoms with Crippen LogP contribution in [0.25, 0.3) is 5.69 Å². The third-order valence-electron chi connectivity index (χ3n) is 6.45. The lowest BCUT2D eigenvalue weighted by atomic mass is 9.96. The molecule has 0 radical (unpaired) electrons. The van der Waals surface area contributed by atoms with Crippen LogP contribution in [0.3, 0.4) is 0 Å². The van der Waals surface area contributed by atoms with E-state index in [4.69, 9.17) is 9.47 Å². The molecular weight excluding hydrogens is 671 g/mol. The van der Waals surface area contributed by atoms with E-state index in [9.17, 15) is 23.0 Å². The zero-order valence-corrected chi connectivity index (χ0v) is 25.9. The zero-order chi connectivity index (χ0) is 29.7. The molecule has 0 aliphatic carbocycles. The van der Waals surface area contributed by atoms with Gasteiger partial charge in [-0.15, -0.1) is 4.31 Å². The van der Waals surface area contributed by atoms with Crippen LogP contribution in [0.4, 0.5) is 20.2 Å². The number of nitrogens with zero attached hydrogens (tertiary/aromatic N) is 5. The van der Waals surface area contributed by atoms with Gasteiger partial charge in [0.25, 0.3) is 5.69 Å². The van der Waals surface area contributed by atoms with Crippen molar-refractivity contribution in [3.63, 3.8) is 0 Å². The van der Waals surface area contributed by atoms with Gasteiger partial charge in [0.05, 0.1) is 38.2 Å². The normalized spacial score (nSPS) is 15.1. The quantitative estimate of drug-likeness (QED) is 0.166. The summed E-state index contributed by atoms with van der Waals surface area (Å²) in [7, 11) is 1.58. The molecule has 41 heavy (non-hydrogen) atoms. The Morgan fingerprint density at radius 3 is 2.29 bits per heavy atom. The highest BCUT2D eigenvalue weighted by Gasteiger charge is 2.30. The summed E-state index contributed by atoms with van der Waals surface area (Å²) in [6.45, 7) is 6.20. The number of benzene rings is 2. The van der Waals surface area contributed by atoms with Crippen LogP contribution < -0.4 is 15.2 Å². The van der Waals surface area contributed by atoms with Crippen molar-refractivity contribution < 1.29 is 25.8 Å². The Morgan fingerprint density at radius 2 is 1.71 bits per heavy atom. The standard InChI is InChI=1S/C27H31F2IN5O5S/c1-27(2,17-39-3)18-40-25-24(15-31-34(26(25)36)23-13-20(28)12-21(29)14-23)32-8-10-33(11-9-32)41(38)16-19-4-6-22(7-5-19)35(30)37/h4-7,12-15H,8-11,16-18H2,1-3H3/q+1. The van der Waals surface area contributed by atoms with Gasteiger partial charge < -0.3 is 18.9 Å². The minimum absolute atomic E-state index is 0.00573. The highest BCUT2D eigenvalue weighted by atomic mass is 127. The van der Waals surface area contributed by atoms with Crippen LogP contribution in [0.1, 0.15) is 19.4 Å². The molecule has 1 unspecified atom stereocenters. The summed E-state index contributed by atoms with van der Waals surface area (Å²) in [6.07, 6.45) is 1.45. The van der Waals surface area contributed by atoms with Crippen LogP contribution in [0.15, 0.2) is 53.5 Å². The topological polar surface area (TPSA) is 103 Å². The van der Waals surface area contributed by atoms with Crippen molar-refractivity contribution in [3.05, 3.63) is 81.1 Å². The van der Waals surface area contributed by atoms with Crippen LogP contribution in [-0.4, -0.2) is 68.1 Å². The average Bonchev–Trinajstić information content (AvgIpc) is 2.92. The van der Waals surface area contributed by atoms with E-state index < -0.39 is 34.0 Å². The van der Waals surface area contributed by atoms with Crippen molar-refractivity contribution in [2.45, 2.75) is 19.6 Å². The Kier molecular flexibility index (Phi) is 10.3. The van der Waals surface area contributed by atoms with E-state index in [0.717, 1.165) is 31.4 Å². The van der Waals surface area contributed by atoms with Gasteiger partial charge in [-0.3, -0.25) is 4.79 Å². The van der Waals surface area contributed by atoms with Gasteiger partial charge in [0.2, 0.25) is 5.75 Å². The van der Waals surface area contributed by atoms with Crippen molar-refractivity contribution in [2.75, 3.05) is 51.4 Å². The number of anilines is 1. The van der Waals surface area contributed by atoms with Crippen molar-refractivity contribution in [2.24, 2.45) is 5.41 Å². The third kappa shape index (κ3) is 8.00. The molecule has 0 saturated carbocycles. The molecule has 1 fully saturated rings. The molecule has 0 amide bonds. The Morgan fingerprint density at radius 1 is 1.07 bits per heavy atom. The van der Waals surface area contributed by atoms with Gasteiger partial charge in [-0.25, -0.2) is 8.78 Å². The molecule has 2 aromatic carbocycles. The highest BCUT2D eigenvalue weighted by molar-refractivity contribution is 14.1. The van der Waals surface area contributed by atoms with Crippen LogP contribution in [0.2, 0.25) is 0 Å². The first-order valence-corrected chi connectivity index (χ1v) is 15.0. The fraction of sp³-hybridized carbons (Fsp3) is 0.407. The molecule has 1 aliphatic heterocycles. The molecule has 0 N–H and O–H groups in total. The second-order valence-electron chi connectivity index (χ2n) is 10.4. The molecular formula is C27H31F2IN5O5S+. The second kappa shape index (κ2) is 13.5. The smallest absolute Gasteiger partial charge is 0.413 e. The molecule has 3 aromatic rings. The summed E-state index contributed by atoms with van der Waals surface area (Å²) in [5.74, 6) is -1.35. The van der Waals surface area contributed by atoms with E-state index >= 15 is 0 Å². The molecule has 14 heteroatoms. The van der Waals surface area contributed by atoms with E-state index in [-0.39, 0.29) is 18.0 Å². The van der Waals surface area contributed by atoms with Crippen molar-refractivity contribution in [3.8, 4) is 11.4 Å². The number of hydrogen-bond donors (Lipinski definition) is 0. The molecule has 10 nitrogen and oxygen atoms in total. The van der Waals surface area contributed by atoms with Crippen molar-refractivity contribution in [1.29, 1.82) is 0 Å². The molecule has 0 spiro atoms. The maximum absolute atomic E-state index is 13.9. The molecule has 2 heterocycles. The summed E-state index contributed by atoms with van der Waals surface area (Å²) < 4.78 is 55.7. The lowest BCUT2D eigenvalue weighted by Gasteiger charge is -2.36. The fourth-order valence-corrected chi connectivity index (χ4v) is 5.96. The van der Waals surface area contributed by atoms with Gasteiger partial charge in [-0.05, 0) is 24.3 Å². The third-order valence-corrected chi connectivity index (χ3v) is 8.52. The Balaban J connectivity index is 1.53. The maximum atomic E-state index is 13.9. The SMILES string of the molecule is COCC(C)(C)COc1c(N2CCN([S+]([O-])Cc3ccc([N+](=O)I)cc3)CC2)cnn(-c2cc(F)cc(F)c2)c1=O. The molecule has 220 valence electrons. The number of halogens is 3. The highest BCUT2D eigenvalue weighted by Crippen LogP contribution is 2.29. The summed E-state index contributed by atoms with van der Waals surface area (Å²) >= 11 is 0.355. The first-order valence-electron chi connectivity index (χ1n) is 12.8. The molecule has 4 rings (SSSR count). The Labute approximate surface area is 253 Å². The summed E-state index contributed by atoms with van der Waals surface area (Å²) in [4.78, 5) is 26.9. The number of ether oxygens (including phenoxy) is 2. The average molecular weight is 703 g/mol. The fourth-order valence-electron chi connectivity index (χ4n) is 4.41. The number of methoxy groups -OCH3 is 1. The van der Waals surface area contributed by atoms with Crippen LogP contribution >= 0.6 is 22.9 Å². The second-order valence-corrected chi connectivity index (χ2v) is 12.7. The molecule has 1 aliphatic rings. The molecule has 0 bridgehead atoms. The summed E-state index contributed by atoms with van der Waals surface area (Å²) in [5.41, 5.74) is 0.666. The number of aromatic nitrogens is 2. The summed E-state index contributed by atoms with van der Waals surface area (Å²) in [5, 5.41) is 4.20.